The Hall–Kier alpha value is -0.950. The minimum Gasteiger partial charge on any atom is -0.322 e. The lowest BCUT2D eigenvalue weighted by Crippen LogP contribution is -2.21. The van der Waals surface area contributed by atoms with Crippen LogP contribution in [0.2, 0.25) is 0 Å². The van der Waals surface area contributed by atoms with Crippen molar-refractivity contribution < 1.29 is 9.18 Å². The standard InChI is InChI=1S/C16H23FNOP/c1-4-20(7-5-6-8-20)11-15(19)18-16-12(2)9-14(17)10-13(16)3/h9-10H,4-8,11H2,1-3H3/p+1. The van der Waals surface area contributed by atoms with Gasteiger partial charge in [-0.05, 0) is 56.9 Å². The molecule has 1 aliphatic rings. The van der Waals surface area contributed by atoms with Crippen molar-refractivity contribution in [1.29, 1.82) is 0 Å². The molecule has 0 bridgehead atoms. The predicted octanol–water partition coefficient (Wildman–Crippen LogP) is 4.21. The lowest BCUT2D eigenvalue weighted by molar-refractivity contribution is -0.113. The fourth-order valence-corrected chi connectivity index (χ4v) is 7.06. The summed E-state index contributed by atoms with van der Waals surface area (Å²) < 4.78 is 13.3. The van der Waals surface area contributed by atoms with Crippen LogP contribution in [-0.4, -0.2) is 30.6 Å². The van der Waals surface area contributed by atoms with E-state index in [0.717, 1.165) is 16.8 Å². The van der Waals surface area contributed by atoms with Gasteiger partial charge in [0.2, 0.25) is 0 Å². The average molecular weight is 296 g/mol. The number of nitrogens with one attached hydrogen (secondary N) is 1. The maximum absolute atomic E-state index is 13.3. The maximum Gasteiger partial charge on any atom is 0.261 e. The smallest absolute Gasteiger partial charge is 0.261 e. The van der Waals surface area contributed by atoms with Crippen molar-refractivity contribution >= 4 is 18.9 Å². The number of anilines is 1. The molecule has 1 fully saturated rings. The summed E-state index contributed by atoms with van der Waals surface area (Å²) in [5, 5.41) is 3.01. The first kappa shape index (κ1) is 15.4. The molecule has 1 aromatic rings. The van der Waals surface area contributed by atoms with Crippen LogP contribution < -0.4 is 5.32 Å². The highest BCUT2D eigenvalue weighted by atomic mass is 31.2. The molecule has 0 radical (unpaired) electrons. The molecule has 0 spiro atoms. The van der Waals surface area contributed by atoms with E-state index in [0.29, 0.717) is 6.16 Å². The van der Waals surface area contributed by atoms with E-state index in [1.54, 1.807) is 0 Å². The van der Waals surface area contributed by atoms with Crippen LogP contribution in [0.5, 0.6) is 0 Å². The summed E-state index contributed by atoms with van der Waals surface area (Å²) in [5.41, 5.74) is 2.38. The van der Waals surface area contributed by atoms with Gasteiger partial charge in [-0.15, -0.1) is 0 Å². The first-order chi connectivity index (χ1) is 9.46. The molecular weight excluding hydrogens is 272 g/mol. The first-order valence-electron chi connectivity index (χ1n) is 7.37. The van der Waals surface area contributed by atoms with E-state index in [1.165, 1.54) is 43.5 Å². The molecule has 0 aromatic heterocycles. The third-order valence-electron chi connectivity index (χ3n) is 4.43. The normalized spacial score (nSPS) is 17.2. The quantitative estimate of drug-likeness (QED) is 0.828. The van der Waals surface area contributed by atoms with Gasteiger partial charge in [-0.1, -0.05) is 0 Å². The van der Waals surface area contributed by atoms with Gasteiger partial charge in [0.15, 0.2) is 0 Å². The van der Waals surface area contributed by atoms with Crippen LogP contribution in [0.3, 0.4) is 0 Å². The Morgan fingerprint density at radius 1 is 1.25 bits per heavy atom. The lowest BCUT2D eigenvalue weighted by Gasteiger charge is -2.20. The number of halogens is 1. The predicted molar refractivity (Wildman–Crippen MR) is 85.8 cm³/mol. The molecule has 1 heterocycles. The zero-order valence-electron chi connectivity index (χ0n) is 12.6. The van der Waals surface area contributed by atoms with Crippen molar-refractivity contribution in [1.82, 2.24) is 0 Å². The fourth-order valence-electron chi connectivity index (χ4n) is 3.18. The third-order valence-corrected chi connectivity index (χ3v) is 9.26. The fraction of sp³-hybridized carbons (Fsp3) is 0.562. The molecule has 110 valence electrons. The second-order valence-electron chi connectivity index (χ2n) is 5.93. The van der Waals surface area contributed by atoms with Gasteiger partial charge in [0.25, 0.3) is 5.91 Å². The Morgan fingerprint density at radius 3 is 2.30 bits per heavy atom. The van der Waals surface area contributed by atoms with Gasteiger partial charge >= 0.3 is 0 Å². The van der Waals surface area contributed by atoms with E-state index < -0.39 is 7.26 Å². The van der Waals surface area contributed by atoms with Crippen molar-refractivity contribution in [2.24, 2.45) is 0 Å². The van der Waals surface area contributed by atoms with Crippen molar-refractivity contribution in [3.8, 4) is 0 Å². The summed E-state index contributed by atoms with van der Waals surface area (Å²) in [7, 11) is -1.05. The Bertz CT molecular complexity index is 486. The van der Waals surface area contributed by atoms with Crippen molar-refractivity contribution in [2.75, 3.05) is 30.0 Å². The van der Waals surface area contributed by atoms with Crippen molar-refractivity contribution in [3.05, 3.63) is 29.1 Å². The number of carbonyl (C=O) groups is 1. The summed E-state index contributed by atoms with van der Waals surface area (Å²) in [5.74, 6) is -0.133. The Morgan fingerprint density at radius 2 is 1.80 bits per heavy atom. The van der Waals surface area contributed by atoms with Gasteiger partial charge in [-0.3, -0.25) is 4.79 Å². The van der Waals surface area contributed by atoms with Gasteiger partial charge in [0.1, 0.15) is 12.0 Å². The van der Waals surface area contributed by atoms with E-state index in [1.807, 2.05) is 13.8 Å². The largest absolute Gasteiger partial charge is 0.322 e. The van der Waals surface area contributed by atoms with E-state index in [4.69, 9.17) is 0 Å². The first-order valence-corrected chi connectivity index (χ1v) is 9.90. The number of amides is 1. The molecule has 1 amide bonds. The van der Waals surface area contributed by atoms with E-state index >= 15 is 0 Å². The summed E-state index contributed by atoms with van der Waals surface area (Å²) in [6.45, 7) is 5.90. The SMILES string of the molecule is CC[P+]1(CC(=O)Nc2c(C)cc(F)cc2C)CCCC1. The zero-order chi connectivity index (χ0) is 14.8. The molecule has 1 N–H and O–H groups in total. The van der Waals surface area contributed by atoms with E-state index in [9.17, 15) is 9.18 Å². The molecule has 2 rings (SSSR count). The Kier molecular flexibility index (Phi) is 4.80. The minimum absolute atomic E-state index is 0.111. The number of benzene rings is 1. The molecular formula is C16H24FNOP+. The van der Waals surface area contributed by atoms with Gasteiger partial charge in [-0.2, -0.15) is 0 Å². The number of hydrogen-bond donors (Lipinski definition) is 1. The van der Waals surface area contributed by atoms with Crippen LogP contribution in [0.15, 0.2) is 12.1 Å². The summed E-state index contributed by atoms with van der Waals surface area (Å²) in [6, 6.07) is 2.95. The highest BCUT2D eigenvalue weighted by molar-refractivity contribution is 7.76. The van der Waals surface area contributed by atoms with Crippen LogP contribution in [0.4, 0.5) is 10.1 Å². The second-order valence-corrected chi connectivity index (χ2v) is 10.5. The summed E-state index contributed by atoms with van der Waals surface area (Å²) in [6.07, 6.45) is 6.95. The monoisotopic (exact) mass is 296 g/mol. The molecule has 2 nitrogen and oxygen atoms in total. The van der Waals surface area contributed by atoms with E-state index in [2.05, 4.69) is 12.2 Å². The molecule has 1 aromatic carbocycles. The van der Waals surface area contributed by atoms with Crippen molar-refractivity contribution in [2.45, 2.75) is 33.6 Å². The van der Waals surface area contributed by atoms with Crippen LogP contribution in [0, 0.1) is 19.7 Å². The van der Waals surface area contributed by atoms with Gasteiger partial charge in [0.05, 0.1) is 18.5 Å². The van der Waals surface area contributed by atoms with Gasteiger partial charge in [0, 0.05) is 12.9 Å². The molecule has 1 saturated heterocycles. The highest BCUT2D eigenvalue weighted by Crippen LogP contribution is 2.63. The molecule has 0 saturated carbocycles. The van der Waals surface area contributed by atoms with Crippen LogP contribution in [0.1, 0.15) is 30.9 Å². The molecule has 1 aliphatic heterocycles. The highest BCUT2D eigenvalue weighted by Gasteiger charge is 2.41. The third kappa shape index (κ3) is 3.38. The topological polar surface area (TPSA) is 29.1 Å². The minimum atomic E-state index is -1.05. The van der Waals surface area contributed by atoms with Gasteiger partial charge in [-0.25, -0.2) is 4.39 Å². The molecule has 0 atom stereocenters. The zero-order valence-corrected chi connectivity index (χ0v) is 13.5. The molecule has 0 aliphatic carbocycles. The maximum atomic E-state index is 13.3. The summed E-state index contributed by atoms with van der Waals surface area (Å²) in [4.78, 5) is 12.3. The molecule has 20 heavy (non-hydrogen) atoms. The number of aryl methyl sites for hydroxylation is 2. The summed E-state index contributed by atoms with van der Waals surface area (Å²) >= 11 is 0. The van der Waals surface area contributed by atoms with Crippen LogP contribution in [0.25, 0.3) is 0 Å². The second kappa shape index (κ2) is 6.22. The molecule has 4 heteroatoms. The van der Waals surface area contributed by atoms with Gasteiger partial charge < -0.3 is 5.32 Å². The van der Waals surface area contributed by atoms with E-state index in [-0.39, 0.29) is 11.7 Å². The van der Waals surface area contributed by atoms with Crippen LogP contribution in [-0.2, 0) is 4.79 Å². The average Bonchev–Trinajstić information content (AvgIpc) is 2.83. The van der Waals surface area contributed by atoms with Crippen molar-refractivity contribution in [3.63, 3.8) is 0 Å². The lowest BCUT2D eigenvalue weighted by atomic mass is 10.1. The number of hydrogen-bond acceptors (Lipinski definition) is 1. The Labute approximate surface area is 121 Å². The Balaban J connectivity index is 2.08. The molecule has 0 unspecified atom stereocenters. The number of carbonyl (C=O) groups excluding carboxylic acids is 1. The number of rotatable bonds is 4. The van der Waals surface area contributed by atoms with Crippen LogP contribution >= 0.6 is 7.26 Å².